The lowest BCUT2D eigenvalue weighted by molar-refractivity contribution is -0.402. The van der Waals surface area contributed by atoms with Crippen LogP contribution in [0, 0.1) is 15.3 Å². The number of anilines is 1. The van der Waals surface area contributed by atoms with Gasteiger partial charge in [-0.05, 0) is 10.3 Å². The maximum absolute atomic E-state index is 8.25. The van der Waals surface area contributed by atoms with Crippen molar-refractivity contribution in [2.75, 3.05) is 57.5 Å². The van der Waals surface area contributed by atoms with E-state index in [1.54, 1.807) is 0 Å². The third-order valence-corrected chi connectivity index (χ3v) is 5.56. The SMILES string of the molecule is O=[N+]([O-])[O-].c1c(N2CCOCC2)ssc1=[N+]1CCOCC1. The third-order valence-electron chi connectivity index (χ3n) is 3.10. The summed E-state index contributed by atoms with van der Waals surface area (Å²) in [4.78, 5) is 10.7. The first-order valence-electron chi connectivity index (χ1n) is 6.57. The van der Waals surface area contributed by atoms with Crippen LogP contribution in [0.3, 0.4) is 0 Å². The van der Waals surface area contributed by atoms with Gasteiger partial charge in [0.1, 0.15) is 18.2 Å². The Labute approximate surface area is 129 Å². The summed E-state index contributed by atoms with van der Waals surface area (Å²) in [6.45, 7) is 7.52. The summed E-state index contributed by atoms with van der Waals surface area (Å²) in [6, 6.07) is 2.33. The highest BCUT2D eigenvalue weighted by Gasteiger charge is 2.17. The molecule has 0 atom stereocenters. The molecule has 0 saturated carbocycles. The van der Waals surface area contributed by atoms with E-state index in [0.717, 1.165) is 52.6 Å². The lowest BCUT2D eigenvalue weighted by Crippen LogP contribution is -2.39. The van der Waals surface area contributed by atoms with Crippen LogP contribution in [0.2, 0.25) is 0 Å². The summed E-state index contributed by atoms with van der Waals surface area (Å²) in [6.07, 6.45) is 0. The van der Waals surface area contributed by atoms with E-state index in [1.807, 2.05) is 20.7 Å². The highest BCUT2D eigenvalue weighted by molar-refractivity contribution is 7.70. The van der Waals surface area contributed by atoms with Gasteiger partial charge >= 0.3 is 0 Å². The van der Waals surface area contributed by atoms with Crippen LogP contribution in [-0.4, -0.2) is 57.7 Å². The van der Waals surface area contributed by atoms with E-state index in [2.05, 4.69) is 15.5 Å². The van der Waals surface area contributed by atoms with Gasteiger partial charge in [0.25, 0.3) is 4.67 Å². The molecular formula is C11H17N3O5S2. The number of rotatable bonds is 1. The molecule has 8 nitrogen and oxygen atoms in total. The lowest BCUT2D eigenvalue weighted by Gasteiger charge is -2.26. The molecular weight excluding hydrogens is 318 g/mol. The molecule has 21 heavy (non-hydrogen) atoms. The van der Waals surface area contributed by atoms with Crippen LogP contribution in [-0.2, 0) is 9.47 Å². The van der Waals surface area contributed by atoms with E-state index in [1.165, 1.54) is 9.67 Å². The van der Waals surface area contributed by atoms with Gasteiger partial charge in [-0.25, -0.2) is 4.58 Å². The quantitative estimate of drug-likeness (QED) is 0.315. The fourth-order valence-electron chi connectivity index (χ4n) is 2.09. The minimum Gasteiger partial charge on any atom is -0.378 e. The van der Waals surface area contributed by atoms with Gasteiger partial charge in [-0.1, -0.05) is 10.3 Å². The first kappa shape index (κ1) is 16.1. The number of hydrogen-bond acceptors (Lipinski definition) is 8. The van der Waals surface area contributed by atoms with Gasteiger partial charge in [0.15, 0.2) is 13.1 Å². The number of ether oxygens (including phenoxy) is 2. The first-order valence-corrected chi connectivity index (χ1v) is 8.72. The number of morpholine rings is 2. The molecule has 0 unspecified atom stereocenters. The maximum atomic E-state index is 8.25. The van der Waals surface area contributed by atoms with Crippen molar-refractivity contribution in [2.24, 2.45) is 0 Å². The Bertz CT molecular complexity index is 512. The van der Waals surface area contributed by atoms with Crippen LogP contribution < -0.4 is 14.1 Å². The molecule has 2 aliphatic heterocycles. The Balaban J connectivity index is 0.000000361. The summed E-state index contributed by atoms with van der Waals surface area (Å²) >= 11 is 0. The van der Waals surface area contributed by atoms with E-state index < -0.39 is 5.09 Å². The second-order valence-electron chi connectivity index (χ2n) is 4.41. The Hall–Kier alpha value is -1.23. The molecule has 0 radical (unpaired) electrons. The minimum atomic E-state index is -1.75. The van der Waals surface area contributed by atoms with Crippen molar-refractivity contribution in [1.82, 2.24) is 4.58 Å². The van der Waals surface area contributed by atoms with E-state index in [0.29, 0.717) is 0 Å². The van der Waals surface area contributed by atoms with Crippen LogP contribution in [0.1, 0.15) is 0 Å². The van der Waals surface area contributed by atoms with Crippen molar-refractivity contribution < 1.29 is 14.6 Å². The molecule has 10 heteroatoms. The Kier molecular flexibility index (Phi) is 6.36. The van der Waals surface area contributed by atoms with E-state index in [4.69, 9.17) is 24.8 Å². The highest BCUT2D eigenvalue weighted by atomic mass is 32.9. The normalized spacial score (nSPS) is 18.9. The molecule has 2 saturated heterocycles. The molecule has 0 N–H and O–H groups in total. The zero-order valence-electron chi connectivity index (χ0n) is 11.4. The molecule has 3 heterocycles. The van der Waals surface area contributed by atoms with Crippen LogP contribution in [0.4, 0.5) is 5.00 Å². The average molecular weight is 335 g/mol. The summed E-state index contributed by atoms with van der Waals surface area (Å²) in [5.41, 5.74) is 0. The monoisotopic (exact) mass is 335 g/mol. The van der Waals surface area contributed by atoms with Crippen molar-refractivity contribution in [3.8, 4) is 0 Å². The molecule has 0 bridgehead atoms. The molecule has 0 aliphatic carbocycles. The number of hydrogen-bond donors (Lipinski definition) is 0. The molecule has 1 aromatic heterocycles. The van der Waals surface area contributed by atoms with Gasteiger partial charge in [-0.3, -0.25) is 0 Å². The van der Waals surface area contributed by atoms with E-state index >= 15 is 0 Å². The van der Waals surface area contributed by atoms with Gasteiger partial charge < -0.3 is 29.7 Å². The largest absolute Gasteiger partial charge is 0.378 e. The maximum Gasteiger partial charge on any atom is 0.269 e. The van der Waals surface area contributed by atoms with Crippen molar-refractivity contribution >= 4 is 25.7 Å². The van der Waals surface area contributed by atoms with Crippen LogP contribution in [0.15, 0.2) is 6.07 Å². The van der Waals surface area contributed by atoms with Gasteiger partial charge in [-0.2, -0.15) is 0 Å². The standard InChI is InChI=1S/C11H17N2O2S2.NO3/c1-5-14-6-2-12(1)10-9-11(17-16-10)13-3-7-15-8-4-13;2-1(3)4/h9H,1-8H2;/q+1;-1. The van der Waals surface area contributed by atoms with E-state index in [9.17, 15) is 0 Å². The van der Waals surface area contributed by atoms with Gasteiger partial charge in [-0.15, -0.1) is 0 Å². The topological polar surface area (TPSA) is 90.9 Å². The van der Waals surface area contributed by atoms with Crippen LogP contribution in [0.5, 0.6) is 0 Å². The molecule has 0 spiro atoms. The van der Waals surface area contributed by atoms with Gasteiger partial charge in [0.2, 0.25) is 0 Å². The molecule has 2 aliphatic rings. The second kappa shape index (κ2) is 8.27. The predicted octanol–water partition coefficient (Wildman–Crippen LogP) is 0.209. The van der Waals surface area contributed by atoms with Crippen LogP contribution >= 0.6 is 20.7 Å². The van der Waals surface area contributed by atoms with Gasteiger partial charge in [0, 0.05) is 13.1 Å². The van der Waals surface area contributed by atoms with Gasteiger partial charge in [0.05, 0.1) is 24.4 Å². The minimum absolute atomic E-state index is 0.857. The van der Waals surface area contributed by atoms with Crippen LogP contribution in [0.25, 0.3) is 0 Å². The molecule has 3 rings (SSSR count). The molecule has 2 fully saturated rings. The highest BCUT2D eigenvalue weighted by Crippen LogP contribution is 2.22. The molecule has 0 amide bonds. The molecule has 118 valence electrons. The summed E-state index contributed by atoms with van der Waals surface area (Å²) in [5.74, 6) is 0. The van der Waals surface area contributed by atoms with Crippen molar-refractivity contribution in [2.45, 2.75) is 0 Å². The van der Waals surface area contributed by atoms with Crippen molar-refractivity contribution in [3.63, 3.8) is 0 Å². The first-order chi connectivity index (χ1) is 10.2. The summed E-state index contributed by atoms with van der Waals surface area (Å²) in [7, 11) is 3.76. The smallest absolute Gasteiger partial charge is 0.269 e. The van der Waals surface area contributed by atoms with Crippen molar-refractivity contribution in [1.29, 1.82) is 0 Å². The molecule has 1 aromatic rings. The summed E-state index contributed by atoms with van der Waals surface area (Å²) < 4.78 is 14.6. The fraction of sp³-hybridized carbons (Fsp3) is 0.727. The predicted molar refractivity (Wildman–Crippen MR) is 81.4 cm³/mol. The van der Waals surface area contributed by atoms with Crippen molar-refractivity contribution in [3.05, 3.63) is 26.1 Å². The number of nitrogens with zero attached hydrogens (tertiary/aromatic N) is 3. The zero-order chi connectivity index (χ0) is 15.1. The molecule has 0 aromatic carbocycles. The zero-order valence-corrected chi connectivity index (χ0v) is 13.1. The lowest BCUT2D eigenvalue weighted by atomic mass is 10.4. The Morgan fingerprint density at radius 1 is 1.10 bits per heavy atom. The fourth-order valence-corrected chi connectivity index (χ4v) is 4.67. The average Bonchev–Trinajstić information content (AvgIpc) is 2.98. The Morgan fingerprint density at radius 3 is 2.29 bits per heavy atom. The summed E-state index contributed by atoms with van der Waals surface area (Å²) in [5, 5.41) is 16.1. The van der Waals surface area contributed by atoms with E-state index in [-0.39, 0.29) is 0 Å². The Morgan fingerprint density at radius 2 is 1.67 bits per heavy atom. The third kappa shape index (κ3) is 5.23. The second-order valence-corrected chi connectivity index (χ2v) is 6.58.